The van der Waals surface area contributed by atoms with Crippen LogP contribution < -0.4 is 5.73 Å². The van der Waals surface area contributed by atoms with E-state index in [1.807, 2.05) is 0 Å². The molecule has 0 saturated heterocycles. The summed E-state index contributed by atoms with van der Waals surface area (Å²) in [5.74, 6) is 0. The molecule has 0 radical (unpaired) electrons. The Morgan fingerprint density at radius 1 is 1.44 bits per heavy atom. The topological polar surface area (TPSA) is 44.5 Å². The maximum Gasteiger partial charge on any atom is 0.0842 e. The van der Waals surface area contributed by atoms with Crippen LogP contribution in [0.25, 0.3) is 0 Å². The highest BCUT2D eigenvalue weighted by molar-refractivity contribution is 5.30. The van der Waals surface area contributed by atoms with E-state index in [-0.39, 0.29) is 12.1 Å². The van der Waals surface area contributed by atoms with Crippen molar-refractivity contribution in [3.05, 3.63) is 35.4 Å². The summed E-state index contributed by atoms with van der Waals surface area (Å²) in [6.07, 6.45) is 4.11. The monoisotopic (exact) mass is 249 g/mol. The summed E-state index contributed by atoms with van der Waals surface area (Å²) in [6, 6.07) is 8.73. The lowest BCUT2D eigenvalue weighted by Gasteiger charge is -2.28. The highest BCUT2D eigenvalue weighted by Crippen LogP contribution is 2.30. The van der Waals surface area contributed by atoms with Crippen molar-refractivity contribution < 1.29 is 9.47 Å². The third-order valence-corrected chi connectivity index (χ3v) is 3.53. The predicted octanol–water partition coefficient (Wildman–Crippen LogP) is 2.44. The van der Waals surface area contributed by atoms with Gasteiger partial charge in [0.2, 0.25) is 0 Å². The highest BCUT2D eigenvalue weighted by atomic mass is 16.5. The Kier molecular flexibility index (Phi) is 5.17. The van der Waals surface area contributed by atoms with Gasteiger partial charge >= 0.3 is 0 Å². The van der Waals surface area contributed by atoms with E-state index >= 15 is 0 Å². The molecule has 1 aliphatic rings. The van der Waals surface area contributed by atoms with Crippen LogP contribution >= 0.6 is 0 Å². The van der Waals surface area contributed by atoms with E-state index < -0.39 is 0 Å². The summed E-state index contributed by atoms with van der Waals surface area (Å²) in [5, 5.41) is 0. The van der Waals surface area contributed by atoms with E-state index in [9.17, 15) is 0 Å². The minimum atomic E-state index is 0.174. The molecule has 3 nitrogen and oxygen atoms in total. The standard InChI is InChI=1S/C15H23NO2/c1-17-9-4-6-13(16)11-15-14-7-3-2-5-12(14)8-10-18-15/h2-3,5,7,13,15H,4,6,8-11,16H2,1H3. The lowest BCUT2D eigenvalue weighted by molar-refractivity contribution is 0.0310. The maximum atomic E-state index is 6.17. The predicted molar refractivity (Wildman–Crippen MR) is 72.5 cm³/mol. The minimum absolute atomic E-state index is 0.174. The molecule has 3 heteroatoms. The molecule has 0 aromatic heterocycles. The number of fused-ring (bicyclic) bond motifs is 1. The van der Waals surface area contributed by atoms with E-state index in [0.29, 0.717) is 0 Å². The Morgan fingerprint density at radius 3 is 3.11 bits per heavy atom. The van der Waals surface area contributed by atoms with Crippen molar-refractivity contribution in [3.8, 4) is 0 Å². The first-order chi connectivity index (χ1) is 8.81. The zero-order valence-electron chi connectivity index (χ0n) is 11.1. The third-order valence-electron chi connectivity index (χ3n) is 3.53. The van der Waals surface area contributed by atoms with Gasteiger partial charge in [0, 0.05) is 19.8 Å². The van der Waals surface area contributed by atoms with Gasteiger partial charge in [-0.2, -0.15) is 0 Å². The Labute approximate surface area is 109 Å². The summed E-state index contributed by atoms with van der Waals surface area (Å²) in [6.45, 7) is 1.60. The summed E-state index contributed by atoms with van der Waals surface area (Å²) in [4.78, 5) is 0. The fourth-order valence-electron chi connectivity index (χ4n) is 2.55. The van der Waals surface area contributed by atoms with Crippen molar-refractivity contribution in [1.82, 2.24) is 0 Å². The lowest BCUT2D eigenvalue weighted by atomic mass is 9.93. The maximum absolute atomic E-state index is 6.17. The van der Waals surface area contributed by atoms with Gasteiger partial charge in [-0.15, -0.1) is 0 Å². The average Bonchev–Trinajstić information content (AvgIpc) is 2.39. The van der Waals surface area contributed by atoms with Gasteiger partial charge in [-0.25, -0.2) is 0 Å². The van der Waals surface area contributed by atoms with Crippen LogP contribution in [0.1, 0.15) is 36.5 Å². The normalized spacial score (nSPS) is 20.4. The molecule has 0 aliphatic carbocycles. The van der Waals surface area contributed by atoms with Crippen LogP contribution in [0.3, 0.4) is 0 Å². The van der Waals surface area contributed by atoms with Gasteiger partial charge in [0.1, 0.15) is 0 Å². The lowest BCUT2D eigenvalue weighted by Crippen LogP contribution is -2.27. The molecular weight excluding hydrogens is 226 g/mol. The summed E-state index contributed by atoms with van der Waals surface area (Å²) in [5.41, 5.74) is 8.91. The fourth-order valence-corrected chi connectivity index (χ4v) is 2.55. The zero-order chi connectivity index (χ0) is 12.8. The summed E-state index contributed by atoms with van der Waals surface area (Å²) in [7, 11) is 1.73. The molecule has 1 aromatic rings. The second-order valence-electron chi connectivity index (χ2n) is 4.94. The molecular formula is C15H23NO2. The van der Waals surface area contributed by atoms with Crippen molar-refractivity contribution in [2.45, 2.75) is 37.8 Å². The van der Waals surface area contributed by atoms with E-state index in [1.54, 1.807) is 7.11 Å². The summed E-state index contributed by atoms with van der Waals surface area (Å²) >= 11 is 0. The van der Waals surface area contributed by atoms with Gasteiger partial charge in [-0.3, -0.25) is 0 Å². The van der Waals surface area contributed by atoms with Crippen LogP contribution in [-0.4, -0.2) is 26.4 Å². The minimum Gasteiger partial charge on any atom is -0.385 e. The first-order valence-corrected chi connectivity index (χ1v) is 6.75. The number of hydrogen-bond donors (Lipinski definition) is 1. The largest absolute Gasteiger partial charge is 0.385 e. The Bertz CT molecular complexity index is 367. The number of methoxy groups -OCH3 is 1. The van der Waals surface area contributed by atoms with Gasteiger partial charge in [0.15, 0.2) is 0 Å². The molecule has 2 N–H and O–H groups in total. The molecule has 0 fully saturated rings. The Morgan fingerprint density at radius 2 is 2.28 bits per heavy atom. The number of benzene rings is 1. The molecule has 100 valence electrons. The number of nitrogens with two attached hydrogens (primary N) is 1. The van der Waals surface area contributed by atoms with Crippen molar-refractivity contribution in [3.63, 3.8) is 0 Å². The SMILES string of the molecule is COCCCC(N)CC1OCCc2ccccc21. The average molecular weight is 249 g/mol. The molecule has 2 atom stereocenters. The molecule has 1 aromatic carbocycles. The van der Waals surface area contributed by atoms with Crippen molar-refractivity contribution in [2.75, 3.05) is 20.3 Å². The molecule has 2 unspecified atom stereocenters. The molecule has 1 aliphatic heterocycles. The second-order valence-corrected chi connectivity index (χ2v) is 4.94. The van der Waals surface area contributed by atoms with Gasteiger partial charge in [0.25, 0.3) is 0 Å². The molecule has 0 bridgehead atoms. The summed E-state index contributed by atoms with van der Waals surface area (Å²) < 4.78 is 10.9. The number of rotatable bonds is 6. The molecule has 0 saturated carbocycles. The van der Waals surface area contributed by atoms with Gasteiger partial charge in [-0.1, -0.05) is 24.3 Å². The number of hydrogen-bond acceptors (Lipinski definition) is 3. The smallest absolute Gasteiger partial charge is 0.0842 e. The number of ether oxygens (including phenoxy) is 2. The van der Waals surface area contributed by atoms with Crippen molar-refractivity contribution >= 4 is 0 Å². The molecule has 18 heavy (non-hydrogen) atoms. The molecule has 0 spiro atoms. The van der Waals surface area contributed by atoms with E-state index in [4.69, 9.17) is 15.2 Å². The van der Waals surface area contributed by atoms with Crippen LogP contribution in [-0.2, 0) is 15.9 Å². The van der Waals surface area contributed by atoms with E-state index in [2.05, 4.69) is 24.3 Å². The first-order valence-electron chi connectivity index (χ1n) is 6.75. The van der Waals surface area contributed by atoms with Gasteiger partial charge in [-0.05, 0) is 36.8 Å². The van der Waals surface area contributed by atoms with E-state index in [1.165, 1.54) is 11.1 Å². The second kappa shape index (κ2) is 6.88. The molecule has 0 amide bonds. The van der Waals surface area contributed by atoms with Crippen LogP contribution in [0, 0.1) is 0 Å². The van der Waals surface area contributed by atoms with Crippen LogP contribution in [0.15, 0.2) is 24.3 Å². The van der Waals surface area contributed by atoms with Crippen LogP contribution in [0.4, 0.5) is 0 Å². The molecule has 2 rings (SSSR count). The Hall–Kier alpha value is -0.900. The first kappa shape index (κ1) is 13.5. The van der Waals surface area contributed by atoms with Crippen LogP contribution in [0.2, 0.25) is 0 Å². The highest BCUT2D eigenvalue weighted by Gasteiger charge is 2.22. The van der Waals surface area contributed by atoms with Crippen molar-refractivity contribution in [1.29, 1.82) is 0 Å². The van der Waals surface area contributed by atoms with Crippen molar-refractivity contribution in [2.24, 2.45) is 5.73 Å². The van der Waals surface area contributed by atoms with Crippen LogP contribution in [0.5, 0.6) is 0 Å². The van der Waals surface area contributed by atoms with Gasteiger partial charge < -0.3 is 15.2 Å². The molecule has 1 heterocycles. The fraction of sp³-hybridized carbons (Fsp3) is 0.600. The third kappa shape index (κ3) is 3.55. The van der Waals surface area contributed by atoms with E-state index in [0.717, 1.165) is 38.9 Å². The quantitative estimate of drug-likeness (QED) is 0.788. The Balaban J connectivity index is 1.90. The zero-order valence-corrected chi connectivity index (χ0v) is 11.1. The van der Waals surface area contributed by atoms with Gasteiger partial charge in [0.05, 0.1) is 12.7 Å².